The molecule has 0 bridgehead atoms. The average Bonchev–Trinajstić information content (AvgIpc) is 3.16. The SMILES string of the molecule is CC(C(=O)OCc1ccccc1)N(OC[C@H]1O[C@@H](n2ccc(=O)[nH]c2=O)[C@](C)(F)[C@@H]1O)[P+](=O)Oc1ccccc1. The zero-order valence-electron chi connectivity index (χ0n) is 21.6. The Morgan fingerprint density at radius 2 is 1.82 bits per heavy atom. The Morgan fingerprint density at radius 1 is 1.18 bits per heavy atom. The molecule has 212 valence electrons. The Kier molecular flexibility index (Phi) is 9.23. The van der Waals surface area contributed by atoms with Crippen molar-refractivity contribution in [1.29, 1.82) is 0 Å². The molecule has 2 N–H and O–H groups in total. The molecular weight excluding hydrogens is 548 g/mol. The number of halogens is 1. The minimum absolute atomic E-state index is 0.0472. The van der Waals surface area contributed by atoms with Gasteiger partial charge in [0.2, 0.25) is 0 Å². The first-order valence-corrected chi connectivity index (χ1v) is 13.4. The monoisotopic (exact) mass is 576 g/mol. The molecule has 1 aliphatic heterocycles. The van der Waals surface area contributed by atoms with E-state index in [0.29, 0.717) is 0 Å². The van der Waals surface area contributed by atoms with Gasteiger partial charge in [-0.05, 0) is 31.5 Å². The fourth-order valence-corrected chi connectivity index (χ4v) is 4.88. The van der Waals surface area contributed by atoms with Gasteiger partial charge in [0, 0.05) is 16.8 Å². The van der Waals surface area contributed by atoms with Crippen LogP contribution in [0.5, 0.6) is 5.75 Å². The van der Waals surface area contributed by atoms with Gasteiger partial charge in [0.1, 0.15) is 25.4 Å². The maximum absolute atomic E-state index is 15.6. The van der Waals surface area contributed by atoms with Crippen molar-refractivity contribution >= 4 is 14.1 Å². The fourth-order valence-electron chi connectivity index (χ4n) is 3.96. The third-order valence-corrected chi connectivity index (χ3v) is 7.33. The Morgan fingerprint density at radius 3 is 2.48 bits per heavy atom. The van der Waals surface area contributed by atoms with E-state index in [-0.39, 0.29) is 12.4 Å². The highest BCUT2D eigenvalue weighted by molar-refractivity contribution is 7.36. The summed E-state index contributed by atoms with van der Waals surface area (Å²) in [6.07, 6.45) is -3.74. The van der Waals surface area contributed by atoms with Crippen LogP contribution in [0, 0.1) is 0 Å². The molecule has 40 heavy (non-hydrogen) atoms. The van der Waals surface area contributed by atoms with Gasteiger partial charge in [0.05, 0.1) is 4.83 Å². The Hall–Kier alpha value is -3.74. The van der Waals surface area contributed by atoms with Crippen LogP contribution in [-0.4, -0.2) is 56.0 Å². The summed E-state index contributed by atoms with van der Waals surface area (Å²) in [4.78, 5) is 44.8. The molecule has 6 atom stereocenters. The highest BCUT2D eigenvalue weighted by Crippen LogP contribution is 2.41. The van der Waals surface area contributed by atoms with Gasteiger partial charge in [-0.3, -0.25) is 24.0 Å². The Bertz CT molecular complexity index is 1430. The molecule has 3 aromatic rings. The average molecular weight is 576 g/mol. The van der Waals surface area contributed by atoms with Gasteiger partial charge in [0.25, 0.3) is 5.56 Å². The summed E-state index contributed by atoms with van der Waals surface area (Å²) in [5.41, 5.74) is -3.38. The van der Waals surface area contributed by atoms with Crippen molar-refractivity contribution in [1.82, 2.24) is 14.4 Å². The van der Waals surface area contributed by atoms with Crippen LogP contribution in [0.3, 0.4) is 0 Å². The minimum Gasteiger partial charge on any atom is -0.459 e. The number of carbonyl (C=O) groups excluding carboxylic acids is 1. The molecule has 0 radical (unpaired) electrons. The van der Waals surface area contributed by atoms with E-state index < -0.39 is 62.2 Å². The van der Waals surface area contributed by atoms with Gasteiger partial charge >= 0.3 is 19.8 Å². The van der Waals surface area contributed by atoms with Crippen LogP contribution >= 0.6 is 8.18 Å². The predicted molar refractivity (Wildman–Crippen MR) is 139 cm³/mol. The molecule has 12 nitrogen and oxygen atoms in total. The molecule has 1 saturated heterocycles. The molecule has 2 aromatic carbocycles. The number of H-pyrrole nitrogens is 1. The number of nitrogens with zero attached hydrogens (tertiary/aromatic N) is 2. The summed E-state index contributed by atoms with van der Waals surface area (Å²) in [5.74, 6) is -0.558. The minimum atomic E-state index is -2.84. The topological polar surface area (TPSA) is 149 Å². The zero-order valence-corrected chi connectivity index (χ0v) is 22.5. The zero-order chi connectivity index (χ0) is 28.9. The van der Waals surface area contributed by atoms with E-state index in [1.54, 1.807) is 54.6 Å². The number of aromatic amines is 1. The normalized spacial score (nSPS) is 23.5. The highest BCUT2D eigenvalue weighted by Gasteiger charge is 2.56. The van der Waals surface area contributed by atoms with E-state index in [0.717, 1.165) is 34.2 Å². The molecule has 1 fully saturated rings. The molecule has 14 heteroatoms. The molecule has 1 aliphatic rings. The van der Waals surface area contributed by atoms with Crippen molar-refractivity contribution in [3.8, 4) is 5.75 Å². The molecular formula is C26H28FN3O9P+. The van der Waals surface area contributed by atoms with Gasteiger partial charge in [-0.25, -0.2) is 13.7 Å². The van der Waals surface area contributed by atoms with Gasteiger partial charge < -0.3 is 14.6 Å². The van der Waals surface area contributed by atoms with Crippen molar-refractivity contribution in [3.05, 3.63) is 99.3 Å². The van der Waals surface area contributed by atoms with Crippen molar-refractivity contribution < 1.29 is 37.7 Å². The summed E-state index contributed by atoms with van der Waals surface area (Å²) in [6, 6.07) is 16.8. The Balaban J connectivity index is 1.49. The molecule has 0 amide bonds. The number of benzene rings is 2. The molecule has 2 unspecified atom stereocenters. The molecule has 1 aromatic heterocycles. The number of nitrogens with one attached hydrogen (secondary N) is 1. The number of esters is 1. The van der Waals surface area contributed by atoms with E-state index in [1.165, 1.54) is 6.92 Å². The van der Waals surface area contributed by atoms with Crippen molar-refractivity contribution in [2.75, 3.05) is 6.61 Å². The lowest BCUT2D eigenvalue weighted by Crippen LogP contribution is -2.44. The number of hydrogen-bond donors (Lipinski definition) is 2. The molecule has 0 spiro atoms. The second-order valence-corrected chi connectivity index (χ2v) is 10.2. The fraction of sp³-hybridized carbons (Fsp3) is 0.346. The lowest BCUT2D eigenvalue weighted by molar-refractivity contribution is -0.181. The van der Waals surface area contributed by atoms with Crippen molar-refractivity contribution in [3.63, 3.8) is 0 Å². The molecule has 0 aliphatic carbocycles. The summed E-state index contributed by atoms with van der Waals surface area (Å²) in [6.45, 7) is 1.78. The number of aromatic nitrogens is 2. The third-order valence-electron chi connectivity index (χ3n) is 6.18. The first-order chi connectivity index (χ1) is 19.1. The van der Waals surface area contributed by atoms with Crippen LogP contribution in [0.4, 0.5) is 4.39 Å². The standard InChI is InChI=1S/C26H27FN3O9P/c1-17(23(33)36-15-18-9-5-3-6-10-18)30(40(35)39-19-11-7-4-8-12-19)37-16-20-22(32)26(2,27)24(38-20)29-14-13-21(31)28-25(29)34/h3-14,17,20,22,24,32H,15-16H2,1-2H3/p+1/t17?,20-,22-,24-,26-/m1/s1. The van der Waals surface area contributed by atoms with E-state index in [1.807, 2.05) is 11.1 Å². The van der Waals surface area contributed by atoms with Crippen LogP contribution in [0.25, 0.3) is 0 Å². The third kappa shape index (κ3) is 6.69. The predicted octanol–water partition coefficient (Wildman–Crippen LogP) is 2.62. The maximum Gasteiger partial charge on any atom is 0.693 e. The number of carbonyl (C=O) groups is 1. The maximum atomic E-state index is 15.6. The molecule has 2 heterocycles. The van der Waals surface area contributed by atoms with Crippen molar-refractivity contribution in [2.45, 2.75) is 50.6 Å². The summed E-state index contributed by atoms with van der Waals surface area (Å²) in [5, 5.41) is 10.7. The molecule has 4 rings (SSSR count). The number of aliphatic hydroxyl groups excluding tert-OH is 1. The summed E-state index contributed by atoms with van der Waals surface area (Å²) in [7, 11) is -2.84. The van der Waals surface area contributed by atoms with Crippen LogP contribution in [-0.2, 0) is 30.3 Å². The van der Waals surface area contributed by atoms with E-state index >= 15 is 4.39 Å². The lowest BCUT2D eigenvalue weighted by atomic mass is 9.98. The highest BCUT2D eigenvalue weighted by atomic mass is 31.1. The van der Waals surface area contributed by atoms with Gasteiger partial charge in [-0.1, -0.05) is 48.5 Å². The quantitative estimate of drug-likeness (QED) is 0.198. The van der Waals surface area contributed by atoms with Gasteiger partial charge in [0.15, 0.2) is 23.7 Å². The van der Waals surface area contributed by atoms with Crippen LogP contribution < -0.4 is 15.8 Å². The van der Waals surface area contributed by atoms with E-state index in [2.05, 4.69) is 0 Å². The van der Waals surface area contributed by atoms with Crippen molar-refractivity contribution in [2.24, 2.45) is 0 Å². The Labute approximate surface area is 228 Å². The van der Waals surface area contributed by atoms with Crippen LogP contribution in [0.2, 0.25) is 0 Å². The number of aliphatic hydroxyl groups is 1. The number of hydrogen-bond acceptors (Lipinski definition) is 9. The number of alkyl halides is 1. The first-order valence-electron chi connectivity index (χ1n) is 12.2. The number of para-hydroxylation sites is 1. The number of rotatable bonds is 11. The number of hydroxylamine groups is 1. The number of ether oxygens (including phenoxy) is 2. The summed E-state index contributed by atoms with van der Waals surface area (Å²) >= 11 is 0. The smallest absolute Gasteiger partial charge is 0.459 e. The van der Waals surface area contributed by atoms with E-state index in [4.69, 9.17) is 18.8 Å². The summed E-state index contributed by atoms with van der Waals surface area (Å²) < 4.78 is 45.9. The van der Waals surface area contributed by atoms with Crippen LogP contribution in [0.15, 0.2) is 82.5 Å². The largest absolute Gasteiger partial charge is 0.693 e. The van der Waals surface area contributed by atoms with Gasteiger partial charge in [-0.2, -0.15) is 0 Å². The lowest BCUT2D eigenvalue weighted by Gasteiger charge is -2.24. The van der Waals surface area contributed by atoms with Crippen LogP contribution in [0.1, 0.15) is 25.6 Å². The first kappa shape index (κ1) is 29.2. The van der Waals surface area contributed by atoms with Gasteiger partial charge in [-0.15, -0.1) is 0 Å². The second-order valence-electron chi connectivity index (χ2n) is 9.15. The second kappa shape index (κ2) is 12.6. The van der Waals surface area contributed by atoms with E-state index in [9.17, 15) is 24.1 Å². The molecule has 0 saturated carbocycles.